The fourth-order valence-electron chi connectivity index (χ4n) is 3.87. The largest absolute Gasteiger partial charge is 0.478 e. The van der Waals surface area contributed by atoms with Gasteiger partial charge in [-0.3, -0.25) is 0 Å². The SMILES string of the molecule is Cc1c(C(=O)O)cccc1-c1nnc(-c2ccc(-c3nnc(-c4ccc(C(C)(C)C)cc4)o3)cc2)o1. The fraction of sp³-hybridized carbons (Fsp3) is 0.179. The number of carboxylic acid groups (broad SMARTS) is 1. The fourth-order valence-corrected chi connectivity index (χ4v) is 3.87. The van der Waals surface area contributed by atoms with Gasteiger partial charge in [0.05, 0.1) is 5.56 Å². The Morgan fingerprint density at radius 1 is 0.694 bits per heavy atom. The predicted octanol–water partition coefficient (Wildman–Crippen LogP) is 6.42. The van der Waals surface area contributed by atoms with Crippen LogP contribution in [0, 0.1) is 6.92 Å². The van der Waals surface area contributed by atoms with Gasteiger partial charge in [0, 0.05) is 22.3 Å². The Morgan fingerprint density at radius 2 is 1.14 bits per heavy atom. The summed E-state index contributed by atoms with van der Waals surface area (Å²) in [4.78, 5) is 11.4. The minimum atomic E-state index is -1.00. The zero-order valence-electron chi connectivity index (χ0n) is 20.3. The Morgan fingerprint density at radius 3 is 1.61 bits per heavy atom. The lowest BCUT2D eigenvalue weighted by molar-refractivity contribution is 0.0696. The number of hydrogen-bond donors (Lipinski definition) is 1. The van der Waals surface area contributed by atoms with E-state index in [-0.39, 0.29) is 16.9 Å². The van der Waals surface area contributed by atoms with Crippen LogP contribution >= 0.6 is 0 Å². The van der Waals surface area contributed by atoms with Crippen LogP contribution in [0.15, 0.2) is 75.6 Å². The molecule has 1 N–H and O–H groups in total. The Bertz CT molecular complexity index is 1540. The summed E-state index contributed by atoms with van der Waals surface area (Å²) in [5, 5.41) is 26.0. The van der Waals surface area contributed by atoms with Gasteiger partial charge in [-0.05, 0) is 72.0 Å². The van der Waals surface area contributed by atoms with E-state index in [2.05, 4.69) is 53.3 Å². The third kappa shape index (κ3) is 4.40. The van der Waals surface area contributed by atoms with E-state index in [4.69, 9.17) is 8.83 Å². The second-order valence-electron chi connectivity index (χ2n) is 9.51. The van der Waals surface area contributed by atoms with Crippen molar-refractivity contribution >= 4 is 5.97 Å². The molecule has 5 rings (SSSR count). The Hall–Kier alpha value is -4.59. The molecule has 0 radical (unpaired) electrons. The van der Waals surface area contributed by atoms with E-state index in [1.54, 1.807) is 25.1 Å². The first-order chi connectivity index (χ1) is 17.2. The van der Waals surface area contributed by atoms with Crippen molar-refractivity contribution in [3.8, 4) is 45.8 Å². The molecule has 0 saturated heterocycles. The highest BCUT2D eigenvalue weighted by atomic mass is 16.4. The van der Waals surface area contributed by atoms with E-state index >= 15 is 0 Å². The van der Waals surface area contributed by atoms with Crippen LogP contribution in [0.25, 0.3) is 45.8 Å². The number of carboxylic acids is 1. The van der Waals surface area contributed by atoms with E-state index in [0.717, 1.165) is 11.1 Å². The van der Waals surface area contributed by atoms with Crippen molar-refractivity contribution in [3.05, 3.63) is 83.4 Å². The second-order valence-corrected chi connectivity index (χ2v) is 9.51. The zero-order chi connectivity index (χ0) is 25.4. The number of benzene rings is 3. The molecular formula is C28H24N4O4. The van der Waals surface area contributed by atoms with Crippen molar-refractivity contribution in [2.75, 3.05) is 0 Å². The maximum atomic E-state index is 11.4. The first-order valence-electron chi connectivity index (χ1n) is 11.4. The van der Waals surface area contributed by atoms with E-state index < -0.39 is 5.97 Å². The molecule has 2 heterocycles. The van der Waals surface area contributed by atoms with Crippen LogP contribution in [0.4, 0.5) is 0 Å². The summed E-state index contributed by atoms with van der Waals surface area (Å²) >= 11 is 0. The summed E-state index contributed by atoms with van der Waals surface area (Å²) in [6.45, 7) is 8.23. The van der Waals surface area contributed by atoms with Gasteiger partial charge in [-0.2, -0.15) is 0 Å². The van der Waals surface area contributed by atoms with Gasteiger partial charge < -0.3 is 13.9 Å². The van der Waals surface area contributed by atoms with Crippen LogP contribution in [0.1, 0.15) is 42.3 Å². The number of nitrogens with zero attached hydrogens (tertiary/aromatic N) is 4. The lowest BCUT2D eigenvalue weighted by Gasteiger charge is -2.18. The molecule has 0 aliphatic heterocycles. The Labute approximate surface area is 207 Å². The highest BCUT2D eigenvalue weighted by Gasteiger charge is 2.18. The molecule has 0 saturated carbocycles. The molecule has 8 nitrogen and oxygen atoms in total. The van der Waals surface area contributed by atoms with Crippen molar-refractivity contribution in [1.29, 1.82) is 0 Å². The molecule has 3 aromatic carbocycles. The molecule has 0 spiro atoms. The molecule has 5 aromatic rings. The lowest BCUT2D eigenvalue weighted by Crippen LogP contribution is -2.10. The summed E-state index contributed by atoms with van der Waals surface area (Å²) < 4.78 is 11.8. The molecule has 0 aliphatic rings. The first-order valence-corrected chi connectivity index (χ1v) is 11.4. The van der Waals surface area contributed by atoms with Crippen molar-refractivity contribution in [3.63, 3.8) is 0 Å². The van der Waals surface area contributed by atoms with Gasteiger partial charge in [-0.1, -0.05) is 39.0 Å². The van der Waals surface area contributed by atoms with E-state index in [1.807, 2.05) is 36.4 Å². The summed E-state index contributed by atoms with van der Waals surface area (Å²) in [7, 11) is 0. The van der Waals surface area contributed by atoms with Gasteiger partial charge >= 0.3 is 5.97 Å². The normalized spacial score (nSPS) is 11.6. The van der Waals surface area contributed by atoms with Gasteiger partial charge in [0.2, 0.25) is 23.6 Å². The van der Waals surface area contributed by atoms with Crippen LogP contribution in [0.3, 0.4) is 0 Å². The summed E-state index contributed by atoms with van der Waals surface area (Å²) in [5.41, 5.74) is 4.97. The smallest absolute Gasteiger partial charge is 0.335 e. The number of aromatic nitrogens is 4. The van der Waals surface area contributed by atoms with Crippen LogP contribution in [0.5, 0.6) is 0 Å². The molecule has 36 heavy (non-hydrogen) atoms. The van der Waals surface area contributed by atoms with E-state index in [9.17, 15) is 9.90 Å². The molecule has 0 unspecified atom stereocenters. The van der Waals surface area contributed by atoms with E-state index in [1.165, 1.54) is 5.56 Å². The molecular weight excluding hydrogens is 456 g/mol. The van der Waals surface area contributed by atoms with Gasteiger partial charge in [-0.25, -0.2) is 4.79 Å². The number of hydrogen-bond acceptors (Lipinski definition) is 7. The number of carbonyl (C=O) groups is 1. The lowest BCUT2D eigenvalue weighted by atomic mass is 9.87. The number of rotatable bonds is 5. The Balaban J connectivity index is 1.36. The average molecular weight is 481 g/mol. The van der Waals surface area contributed by atoms with Gasteiger partial charge in [0.25, 0.3) is 0 Å². The van der Waals surface area contributed by atoms with Crippen LogP contribution in [-0.4, -0.2) is 31.5 Å². The van der Waals surface area contributed by atoms with Gasteiger partial charge in [-0.15, -0.1) is 20.4 Å². The van der Waals surface area contributed by atoms with Crippen molar-refractivity contribution < 1.29 is 18.7 Å². The maximum Gasteiger partial charge on any atom is 0.335 e. The first kappa shape index (κ1) is 23.2. The topological polar surface area (TPSA) is 115 Å². The van der Waals surface area contributed by atoms with Crippen LogP contribution in [0.2, 0.25) is 0 Å². The van der Waals surface area contributed by atoms with Gasteiger partial charge in [0.15, 0.2) is 0 Å². The van der Waals surface area contributed by atoms with Gasteiger partial charge in [0.1, 0.15) is 0 Å². The van der Waals surface area contributed by atoms with Crippen molar-refractivity contribution in [2.45, 2.75) is 33.1 Å². The maximum absolute atomic E-state index is 11.4. The monoisotopic (exact) mass is 480 g/mol. The summed E-state index contributed by atoms with van der Waals surface area (Å²) in [6.07, 6.45) is 0. The molecule has 0 fully saturated rings. The van der Waals surface area contributed by atoms with Crippen LogP contribution < -0.4 is 0 Å². The molecule has 0 aliphatic carbocycles. The Kier molecular flexibility index (Phi) is 5.72. The standard InChI is InChI=1S/C28H24N4O4/c1-16-21(6-5-7-22(16)27(33)34)26-32-31-25(36-26)18-10-8-17(9-11-18)23-29-30-24(35-23)19-12-14-20(15-13-19)28(2,3)4/h5-15H,1-4H3,(H,33,34). The molecule has 2 aromatic heterocycles. The number of aromatic carboxylic acids is 1. The zero-order valence-corrected chi connectivity index (χ0v) is 20.3. The quantitative estimate of drug-likeness (QED) is 0.306. The van der Waals surface area contributed by atoms with Crippen molar-refractivity contribution in [2.24, 2.45) is 0 Å². The third-order valence-electron chi connectivity index (χ3n) is 6.02. The van der Waals surface area contributed by atoms with Crippen molar-refractivity contribution in [1.82, 2.24) is 20.4 Å². The third-order valence-corrected chi connectivity index (χ3v) is 6.02. The summed E-state index contributed by atoms with van der Waals surface area (Å²) in [6, 6.07) is 20.4. The average Bonchev–Trinajstić information content (AvgIpc) is 3.54. The molecule has 0 atom stereocenters. The predicted molar refractivity (Wildman–Crippen MR) is 134 cm³/mol. The minimum Gasteiger partial charge on any atom is -0.478 e. The highest BCUT2D eigenvalue weighted by Crippen LogP contribution is 2.30. The van der Waals surface area contributed by atoms with E-state index in [0.29, 0.717) is 34.4 Å². The minimum absolute atomic E-state index is 0.0702. The molecule has 0 bridgehead atoms. The molecule has 8 heteroatoms. The molecule has 180 valence electrons. The molecule has 0 amide bonds. The second kappa shape index (κ2) is 8.88. The summed E-state index contributed by atoms with van der Waals surface area (Å²) in [5.74, 6) is 0.435. The van der Waals surface area contributed by atoms with Crippen LogP contribution in [-0.2, 0) is 5.41 Å². The highest BCUT2D eigenvalue weighted by molar-refractivity contribution is 5.91.